The van der Waals surface area contributed by atoms with Gasteiger partial charge in [-0.25, -0.2) is 4.39 Å². The largest absolute Gasteiger partial charge is 0.508 e. The summed E-state index contributed by atoms with van der Waals surface area (Å²) < 4.78 is 15.1. The lowest BCUT2D eigenvalue weighted by Crippen LogP contribution is -2.50. The molecule has 196 valence electrons. The molecule has 0 aliphatic rings. The predicted octanol–water partition coefficient (Wildman–Crippen LogP) is 4.18. The Morgan fingerprint density at radius 3 is 2.32 bits per heavy atom. The number of aryl methyl sites for hydroxylation is 1. The first-order chi connectivity index (χ1) is 18.0. The number of aromatic hydroxyl groups is 1. The molecule has 2 N–H and O–H groups in total. The van der Waals surface area contributed by atoms with E-state index in [9.17, 15) is 14.7 Å². The van der Waals surface area contributed by atoms with Gasteiger partial charge in [0.25, 0.3) is 5.91 Å². The molecule has 0 unspecified atom stereocenters. The lowest BCUT2D eigenvalue weighted by atomic mass is 10.0. The van der Waals surface area contributed by atoms with E-state index < -0.39 is 35.8 Å². The van der Waals surface area contributed by atoms with Crippen LogP contribution in [-0.4, -0.2) is 42.7 Å². The molecule has 2 amide bonds. The van der Waals surface area contributed by atoms with Gasteiger partial charge in [-0.15, -0.1) is 10.2 Å². The fraction of sp³-hybridized carbons (Fsp3) is 0.250. The summed E-state index contributed by atoms with van der Waals surface area (Å²) in [5, 5.41) is 25.1. The van der Waals surface area contributed by atoms with E-state index in [-0.39, 0.29) is 11.4 Å². The van der Waals surface area contributed by atoms with Crippen LogP contribution < -0.4 is 10.2 Å². The van der Waals surface area contributed by atoms with Crippen molar-refractivity contribution < 1.29 is 19.1 Å². The number of carbonyl (C=O) groups is 2. The molecule has 4 aromatic rings. The standard InChI is InChI=1S/C28H29FN6O3/c1-18-9-11-20(12-10-18)26-31-33-34(32-26)17-24(37)35(23-8-6-5-7-22(23)29)25(27(38)30-28(2,3)4)19-13-15-21(36)16-14-19/h5-16,25,36H,17H2,1-4H3,(H,30,38)/t25-/m0/s1. The van der Waals surface area contributed by atoms with Crippen LogP contribution in [0.3, 0.4) is 0 Å². The lowest BCUT2D eigenvalue weighted by molar-refractivity contribution is -0.128. The number of rotatable bonds is 7. The monoisotopic (exact) mass is 516 g/mol. The number of aromatic nitrogens is 4. The van der Waals surface area contributed by atoms with Crippen LogP contribution in [0.2, 0.25) is 0 Å². The molecule has 9 nitrogen and oxygen atoms in total. The number of anilines is 1. The van der Waals surface area contributed by atoms with E-state index in [1.807, 2.05) is 31.2 Å². The van der Waals surface area contributed by atoms with Gasteiger partial charge in [-0.05, 0) is 62.7 Å². The van der Waals surface area contributed by atoms with Crippen LogP contribution in [0.1, 0.15) is 37.9 Å². The smallest absolute Gasteiger partial charge is 0.251 e. The number of hydrogen-bond donors (Lipinski definition) is 2. The predicted molar refractivity (Wildman–Crippen MR) is 141 cm³/mol. The number of carbonyl (C=O) groups excluding carboxylic acids is 2. The van der Waals surface area contributed by atoms with Crippen molar-refractivity contribution in [2.75, 3.05) is 4.90 Å². The molecule has 4 rings (SSSR count). The molecule has 0 saturated carbocycles. The maximum atomic E-state index is 15.1. The third-order valence-corrected chi connectivity index (χ3v) is 5.63. The van der Waals surface area contributed by atoms with Gasteiger partial charge in [0.15, 0.2) is 0 Å². The third kappa shape index (κ3) is 6.20. The number of nitrogens with zero attached hydrogens (tertiary/aromatic N) is 5. The fourth-order valence-electron chi connectivity index (χ4n) is 3.90. The summed E-state index contributed by atoms with van der Waals surface area (Å²) >= 11 is 0. The number of phenolic OH excluding ortho intramolecular Hbond substituents is 1. The average molecular weight is 517 g/mol. The number of nitrogens with one attached hydrogen (secondary N) is 1. The number of tetrazole rings is 1. The molecule has 1 aromatic heterocycles. The van der Waals surface area contributed by atoms with Gasteiger partial charge in [0.05, 0.1) is 5.69 Å². The first-order valence-corrected chi connectivity index (χ1v) is 12.0. The number of phenols is 1. The molecule has 0 aliphatic heterocycles. The van der Waals surface area contributed by atoms with Crippen molar-refractivity contribution in [1.82, 2.24) is 25.5 Å². The maximum absolute atomic E-state index is 15.1. The minimum Gasteiger partial charge on any atom is -0.508 e. The number of amides is 2. The SMILES string of the molecule is Cc1ccc(-c2nnn(CC(=O)N(c3ccccc3F)[C@H](C(=O)NC(C)(C)C)c3ccc(O)cc3)n2)cc1. The Morgan fingerprint density at radius 2 is 1.68 bits per heavy atom. The Balaban J connectivity index is 1.75. The van der Waals surface area contributed by atoms with Crippen LogP contribution in [0.4, 0.5) is 10.1 Å². The molecular weight excluding hydrogens is 487 g/mol. The second kappa shape index (κ2) is 10.8. The number of para-hydroxylation sites is 1. The molecule has 10 heteroatoms. The van der Waals surface area contributed by atoms with Crippen LogP contribution in [-0.2, 0) is 16.1 Å². The highest BCUT2D eigenvalue weighted by Gasteiger charge is 2.36. The van der Waals surface area contributed by atoms with Gasteiger partial charge in [0.2, 0.25) is 11.7 Å². The molecule has 3 aromatic carbocycles. The van der Waals surface area contributed by atoms with Crippen LogP contribution in [0.5, 0.6) is 5.75 Å². The van der Waals surface area contributed by atoms with E-state index >= 15 is 4.39 Å². The molecular formula is C28H29FN6O3. The van der Waals surface area contributed by atoms with Crippen molar-refractivity contribution in [3.8, 4) is 17.1 Å². The minimum atomic E-state index is -1.25. The number of hydrogen-bond acceptors (Lipinski definition) is 6. The highest BCUT2D eigenvalue weighted by molar-refractivity contribution is 6.01. The van der Waals surface area contributed by atoms with E-state index in [4.69, 9.17) is 0 Å². The van der Waals surface area contributed by atoms with Crippen LogP contribution >= 0.6 is 0 Å². The zero-order valence-electron chi connectivity index (χ0n) is 21.6. The van der Waals surface area contributed by atoms with Gasteiger partial charge >= 0.3 is 0 Å². The van der Waals surface area contributed by atoms with Crippen molar-refractivity contribution in [1.29, 1.82) is 0 Å². The Kier molecular flexibility index (Phi) is 7.52. The molecule has 1 atom stereocenters. The molecule has 0 radical (unpaired) electrons. The fourth-order valence-corrected chi connectivity index (χ4v) is 3.90. The molecule has 0 aliphatic carbocycles. The summed E-state index contributed by atoms with van der Waals surface area (Å²) in [6.45, 7) is 6.98. The minimum absolute atomic E-state index is 0.0112. The topological polar surface area (TPSA) is 113 Å². The quantitative estimate of drug-likeness (QED) is 0.381. The first-order valence-electron chi connectivity index (χ1n) is 12.0. The Hall–Kier alpha value is -4.60. The molecule has 38 heavy (non-hydrogen) atoms. The second-order valence-electron chi connectivity index (χ2n) is 9.96. The van der Waals surface area contributed by atoms with Gasteiger partial charge in [-0.1, -0.05) is 54.1 Å². The van der Waals surface area contributed by atoms with Gasteiger partial charge in [-0.3, -0.25) is 14.5 Å². The van der Waals surface area contributed by atoms with E-state index in [1.54, 1.807) is 26.8 Å². The summed E-state index contributed by atoms with van der Waals surface area (Å²) in [5.74, 6) is -1.52. The first kappa shape index (κ1) is 26.5. The molecule has 0 spiro atoms. The molecule has 0 saturated heterocycles. The highest BCUT2D eigenvalue weighted by Crippen LogP contribution is 2.31. The zero-order chi connectivity index (χ0) is 27.4. The lowest BCUT2D eigenvalue weighted by Gasteiger charge is -2.33. The van der Waals surface area contributed by atoms with Crippen molar-refractivity contribution >= 4 is 17.5 Å². The van der Waals surface area contributed by atoms with Crippen LogP contribution in [0.15, 0.2) is 72.8 Å². The molecule has 0 fully saturated rings. The number of benzene rings is 3. The molecule has 0 bridgehead atoms. The Morgan fingerprint density at radius 1 is 1.03 bits per heavy atom. The summed E-state index contributed by atoms with van der Waals surface area (Å²) in [4.78, 5) is 29.6. The van der Waals surface area contributed by atoms with Crippen molar-refractivity contribution in [2.24, 2.45) is 0 Å². The number of halogens is 1. The van der Waals surface area contributed by atoms with E-state index in [0.29, 0.717) is 11.4 Å². The Bertz CT molecular complexity index is 1430. The molecule has 1 heterocycles. The summed E-state index contributed by atoms with van der Waals surface area (Å²) in [7, 11) is 0. The summed E-state index contributed by atoms with van der Waals surface area (Å²) in [6, 6.07) is 17.9. The highest BCUT2D eigenvalue weighted by atomic mass is 19.1. The second-order valence-corrected chi connectivity index (χ2v) is 9.96. The third-order valence-electron chi connectivity index (χ3n) is 5.63. The van der Waals surface area contributed by atoms with Gasteiger partial charge < -0.3 is 10.4 Å². The van der Waals surface area contributed by atoms with Crippen molar-refractivity contribution in [3.05, 3.63) is 89.7 Å². The summed E-state index contributed by atoms with van der Waals surface area (Å²) in [5.41, 5.74) is 1.47. The maximum Gasteiger partial charge on any atom is 0.251 e. The van der Waals surface area contributed by atoms with E-state index in [2.05, 4.69) is 20.7 Å². The van der Waals surface area contributed by atoms with Gasteiger partial charge in [0.1, 0.15) is 24.2 Å². The van der Waals surface area contributed by atoms with E-state index in [0.717, 1.165) is 20.8 Å². The van der Waals surface area contributed by atoms with Crippen molar-refractivity contribution in [2.45, 2.75) is 45.8 Å². The Labute approximate surface area is 219 Å². The van der Waals surface area contributed by atoms with Gasteiger partial charge in [0, 0.05) is 11.1 Å². The average Bonchev–Trinajstić information content (AvgIpc) is 3.31. The summed E-state index contributed by atoms with van der Waals surface area (Å²) in [6.07, 6.45) is 0. The zero-order valence-corrected chi connectivity index (χ0v) is 21.6. The normalized spacial score (nSPS) is 12.1. The van der Waals surface area contributed by atoms with Gasteiger partial charge in [-0.2, -0.15) is 4.80 Å². The van der Waals surface area contributed by atoms with Crippen LogP contribution in [0.25, 0.3) is 11.4 Å². The van der Waals surface area contributed by atoms with E-state index in [1.165, 1.54) is 42.5 Å². The van der Waals surface area contributed by atoms with Crippen molar-refractivity contribution in [3.63, 3.8) is 0 Å². The van der Waals surface area contributed by atoms with Crippen LogP contribution in [0, 0.1) is 12.7 Å².